The van der Waals surface area contributed by atoms with Crippen LogP contribution in [-0.2, 0) is 15.7 Å². The third-order valence-corrected chi connectivity index (χ3v) is 2.61. The molecule has 0 saturated carbocycles. The van der Waals surface area contributed by atoms with Gasteiger partial charge in [-0.1, -0.05) is 0 Å². The maximum Gasteiger partial charge on any atom is 0.416 e. The van der Waals surface area contributed by atoms with Gasteiger partial charge in [0.15, 0.2) is 6.29 Å². The predicted molar refractivity (Wildman–Crippen MR) is 68.9 cm³/mol. The summed E-state index contributed by atoms with van der Waals surface area (Å²) in [6.45, 7) is -0.433. The second-order valence-corrected chi connectivity index (χ2v) is 4.17. The maximum absolute atomic E-state index is 12.6. The molecule has 0 aliphatic heterocycles. The Balaban J connectivity index is 2.79. The smallest absolute Gasteiger partial charge is 0.416 e. The SMILES string of the molecule is O=C(CS)OCCOc1cc(C(F)(F)F)ccc1C(O)O. The number of aliphatic hydroxyl groups is 2. The summed E-state index contributed by atoms with van der Waals surface area (Å²) in [5.74, 6) is -1.08. The van der Waals surface area contributed by atoms with Gasteiger partial charge >= 0.3 is 12.1 Å². The Morgan fingerprint density at radius 3 is 2.48 bits per heavy atom. The Morgan fingerprint density at radius 2 is 1.95 bits per heavy atom. The molecule has 0 heterocycles. The molecular formula is C12H13F3O5S. The van der Waals surface area contributed by atoms with Crippen LogP contribution in [0.25, 0.3) is 0 Å². The molecule has 1 aromatic rings. The first kappa shape index (κ1) is 17.6. The molecule has 1 aromatic carbocycles. The van der Waals surface area contributed by atoms with Gasteiger partial charge in [0.2, 0.25) is 0 Å². The van der Waals surface area contributed by atoms with Crippen molar-refractivity contribution in [2.75, 3.05) is 19.0 Å². The van der Waals surface area contributed by atoms with Gasteiger partial charge in [-0.25, -0.2) is 0 Å². The summed E-state index contributed by atoms with van der Waals surface area (Å²) < 4.78 is 47.4. The van der Waals surface area contributed by atoms with Crippen LogP contribution >= 0.6 is 12.6 Å². The van der Waals surface area contributed by atoms with Crippen molar-refractivity contribution in [3.63, 3.8) is 0 Å². The number of ether oxygens (including phenoxy) is 2. The molecule has 0 unspecified atom stereocenters. The Hall–Kier alpha value is -1.45. The number of alkyl halides is 3. The van der Waals surface area contributed by atoms with Crippen LogP contribution in [0.3, 0.4) is 0 Å². The van der Waals surface area contributed by atoms with Crippen molar-refractivity contribution in [3.05, 3.63) is 29.3 Å². The highest BCUT2D eigenvalue weighted by molar-refractivity contribution is 7.81. The number of hydrogen-bond acceptors (Lipinski definition) is 6. The molecule has 5 nitrogen and oxygen atoms in total. The first-order valence-electron chi connectivity index (χ1n) is 5.72. The number of esters is 1. The van der Waals surface area contributed by atoms with E-state index in [9.17, 15) is 18.0 Å². The molecule has 0 aliphatic carbocycles. The molecule has 0 spiro atoms. The predicted octanol–water partition coefficient (Wildman–Crippen LogP) is 1.54. The van der Waals surface area contributed by atoms with E-state index in [0.29, 0.717) is 12.1 Å². The lowest BCUT2D eigenvalue weighted by molar-refractivity contribution is -0.141. The fraction of sp³-hybridized carbons (Fsp3) is 0.417. The van der Waals surface area contributed by atoms with Crippen molar-refractivity contribution < 1.29 is 37.7 Å². The molecule has 1 rings (SSSR count). The normalized spacial score (nSPS) is 11.6. The molecule has 0 saturated heterocycles. The average molecular weight is 326 g/mol. The van der Waals surface area contributed by atoms with E-state index in [0.717, 1.165) is 6.07 Å². The van der Waals surface area contributed by atoms with E-state index in [1.165, 1.54) is 0 Å². The quantitative estimate of drug-likeness (QED) is 0.320. The zero-order valence-electron chi connectivity index (χ0n) is 10.6. The largest absolute Gasteiger partial charge is 0.490 e. The monoisotopic (exact) mass is 326 g/mol. The van der Waals surface area contributed by atoms with Gasteiger partial charge in [0.1, 0.15) is 19.0 Å². The molecule has 2 N–H and O–H groups in total. The highest BCUT2D eigenvalue weighted by Gasteiger charge is 2.31. The molecule has 0 bridgehead atoms. The topological polar surface area (TPSA) is 76.0 Å². The van der Waals surface area contributed by atoms with Gasteiger partial charge in [0.25, 0.3) is 0 Å². The van der Waals surface area contributed by atoms with Gasteiger partial charge in [0, 0.05) is 5.56 Å². The summed E-state index contributed by atoms with van der Waals surface area (Å²) in [5, 5.41) is 18.2. The molecule has 0 radical (unpaired) electrons. The summed E-state index contributed by atoms with van der Waals surface area (Å²) in [4.78, 5) is 10.8. The molecule has 118 valence electrons. The molecule has 0 aliphatic rings. The number of hydrogen-bond donors (Lipinski definition) is 3. The van der Waals surface area contributed by atoms with Crippen LogP contribution in [-0.4, -0.2) is 35.1 Å². The zero-order chi connectivity index (χ0) is 16.0. The number of halogens is 3. The number of aliphatic hydroxyl groups excluding tert-OH is 1. The standard InChI is InChI=1S/C12H13F3O5S/c13-12(14,15)7-1-2-8(11(17)18)9(5-7)19-3-4-20-10(16)6-21/h1-2,5,11,17-18,21H,3-4,6H2. The highest BCUT2D eigenvalue weighted by atomic mass is 32.1. The second-order valence-electron chi connectivity index (χ2n) is 3.85. The van der Waals surface area contributed by atoms with Gasteiger partial charge in [0.05, 0.1) is 11.3 Å². The van der Waals surface area contributed by atoms with Gasteiger partial charge < -0.3 is 19.7 Å². The Labute approximate surface area is 123 Å². The number of thiol groups is 1. The summed E-state index contributed by atoms with van der Waals surface area (Å²) in [6, 6.07) is 2.26. The fourth-order valence-corrected chi connectivity index (χ4v) is 1.49. The molecular weight excluding hydrogens is 313 g/mol. The van der Waals surface area contributed by atoms with Gasteiger partial charge in [-0.2, -0.15) is 25.8 Å². The van der Waals surface area contributed by atoms with Gasteiger partial charge in [-0.15, -0.1) is 0 Å². The summed E-state index contributed by atoms with van der Waals surface area (Å²) in [5.41, 5.74) is -1.21. The van der Waals surface area contributed by atoms with E-state index in [-0.39, 0.29) is 30.3 Å². The maximum atomic E-state index is 12.6. The third-order valence-electron chi connectivity index (χ3n) is 2.35. The minimum atomic E-state index is -4.59. The Kier molecular flexibility index (Phi) is 6.31. The molecule has 0 amide bonds. The summed E-state index contributed by atoms with van der Waals surface area (Å²) in [6.07, 6.45) is -6.57. The Bertz CT molecular complexity index is 490. The van der Waals surface area contributed by atoms with Gasteiger partial charge in [-0.05, 0) is 18.2 Å². The van der Waals surface area contributed by atoms with E-state index < -0.39 is 24.0 Å². The third kappa shape index (κ3) is 5.44. The summed E-state index contributed by atoms with van der Waals surface area (Å²) in [7, 11) is 0. The van der Waals surface area contributed by atoms with Crippen molar-refractivity contribution in [1.29, 1.82) is 0 Å². The molecule has 9 heteroatoms. The first-order valence-corrected chi connectivity index (χ1v) is 6.35. The van der Waals surface area contributed by atoms with Crippen molar-refractivity contribution >= 4 is 18.6 Å². The minimum absolute atomic E-state index is 0.135. The van der Waals surface area contributed by atoms with Crippen LogP contribution in [0.15, 0.2) is 18.2 Å². The second kappa shape index (κ2) is 7.53. The van der Waals surface area contributed by atoms with E-state index >= 15 is 0 Å². The fourth-order valence-electron chi connectivity index (χ4n) is 1.40. The van der Waals surface area contributed by atoms with Crippen molar-refractivity contribution in [1.82, 2.24) is 0 Å². The van der Waals surface area contributed by atoms with E-state index in [4.69, 9.17) is 14.9 Å². The van der Waals surface area contributed by atoms with Crippen LogP contribution in [0.2, 0.25) is 0 Å². The lowest BCUT2D eigenvalue weighted by Gasteiger charge is -2.15. The van der Waals surface area contributed by atoms with E-state index in [1.54, 1.807) is 0 Å². The number of carbonyl (C=O) groups excluding carboxylic acids is 1. The highest BCUT2D eigenvalue weighted by Crippen LogP contribution is 2.34. The van der Waals surface area contributed by atoms with Crippen molar-refractivity contribution in [3.8, 4) is 5.75 Å². The van der Waals surface area contributed by atoms with Crippen LogP contribution in [0.4, 0.5) is 13.2 Å². The molecule has 0 atom stereocenters. The number of carbonyl (C=O) groups is 1. The lowest BCUT2D eigenvalue weighted by atomic mass is 10.1. The van der Waals surface area contributed by atoms with Crippen molar-refractivity contribution in [2.24, 2.45) is 0 Å². The van der Waals surface area contributed by atoms with Gasteiger partial charge in [-0.3, -0.25) is 4.79 Å². The van der Waals surface area contributed by atoms with Crippen LogP contribution in [0.1, 0.15) is 17.4 Å². The van der Waals surface area contributed by atoms with Crippen molar-refractivity contribution in [2.45, 2.75) is 12.5 Å². The van der Waals surface area contributed by atoms with E-state index in [1.807, 2.05) is 0 Å². The average Bonchev–Trinajstić information content (AvgIpc) is 2.41. The van der Waals surface area contributed by atoms with Crippen LogP contribution in [0.5, 0.6) is 5.75 Å². The molecule has 0 aromatic heterocycles. The molecule has 21 heavy (non-hydrogen) atoms. The number of rotatable bonds is 6. The lowest BCUT2D eigenvalue weighted by Crippen LogP contribution is -2.14. The van der Waals surface area contributed by atoms with Crippen LogP contribution < -0.4 is 4.74 Å². The Morgan fingerprint density at radius 1 is 1.29 bits per heavy atom. The zero-order valence-corrected chi connectivity index (χ0v) is 11.5. The van der Waals surface area contributed by atoms with Crippen LogP contribution in [0, 0.1) is 0 Å². The minimum Gasteiger partial charge on any atom is -0.490 e. The molecule has 0 fully saturated rings. The first-order chi connectivity index (χ1) is 9.75. The summed E-state index contributed by atoms with van der Waals surface area (Å²) >= 11 is 3.67. The number of benzene rings is 1. The van der Waals surface area contributed by atoms with E-state index in [2.05, 4.69) is 17.4 Å².